The highest BCUT2D eigenvalue weighted by Gasteiger charge is 2.24. The van der Waals surface area contributed by atoms with Gasteiger partial charge in [0.25, 0.3) is 5.91 Å². The number of halogens is 2. The first-order chi connectivity index (χ1) is 12.4. The number of hydrogen-bond acceptors (Lipinski definition) is 3. The van der Waals surface area contributed by atoms with Crippen LogP contribution >= 0.6 is 11.6 Å². The van der Waals surface area contributed by atoms with Gasteiger partial charge in [-0.2, -0.15) is 0 Å². The summed E-state index contributed by atoms with van der Waals surface area (Å²) in [6.07, 6.45) is 0. The number of para-hydroxylation sites is 1. The molecule has 1 amide bonds. The van der Waals surface area contributed by atoms with Gasteiger partial charge in [-0.25, -0.2) is 4.39 Å². The second-order valence-corrected chi connectivity index (χ2v) is 6.42. The van der Waals surface area contributed by atoms with Crippen LogP contribution in [0.4, 0.5) is 10.1 Å². The second-order valence-electron chi connectivity index (χ2n) is 6.01. The first-order valence-electron chi connectivity index (χ1n) is 8.15. The molecular weight excluding hydrogens is 359 g/mol. The van der Waals surface area contributed by atoms with E-state index in [0.29, 0.717) is 23.7 Å². The number of carbonyl (C=O) groups excluding carboxylic acids is 1. The van der Waals surface area contributed by atoms with E-state index in [1.807, 2.05) is 32.2 Å². The minimum Gasteiger partial charge on any atom is -0.493 e. The molecule has 0 saturated heterocycles. The van der Waals surface area contributed by atoms with Crippen molar-refractivity contribution >= 4 is 23.2 Å². The van der Waals surface area contributed by atoms with Gasteiger partial charge in [0.15, 0.2) is 17.5 Å². The zero-order valence-corrected chi connectivity index (χ0v) is 16.0. The quantitative estimate of drug-likeness (QED) is 0.775. The summed E-state index contributed by atoms with van der Waals surface area (Å²) in [5.41, 5.74) is 1.32. The van der Waals surface area contributed by atoms with E-state index >= 15 is 0 Å². The molecule has 0 spiro atoms. The summed E-state index contributed by atoms with van der Waals surface area (Å²) in [6, 6.07) is 9.14. The van der Waals surface area contributed by atoms with Crippen LogP contribution in [0.1, 0.15) is 12.5 Å². The first kappa shape index (κ1) is 20.0. The predicted molar refractivity (Wildman–Crippen MR) is 99.6 cm³/mol. The summed E-state index contributed by atoms with van der Waals surface area (Å²) in [6.45, 7) is 2.38. The Balaban J connectivity index is 2.09. The molecule has 5 nitrogen and oxygen atoms in total. The van der Waals surface area contributed by atoms with E-state index in [9.17, 15) is 9.18 Å². The highest BCUT2D eigenvalue weighted by molar-refractivity contribution is 6.33. The summed E-state index contributed by atoms with van der Waals surface area (Å²) < 4.78 is 23.9. The molecule has 0 fully saturated rings. The van der Waals surface area contributed by atoms with E-state index in [1.54, 1.807) is 14.2 Å². The summed E-state index contributed by atoms with van der Waals surface area (Å²) in [5.74, 6) is 0.642. The smallest absolute Gasteiger partial charge is 0.282 e. The molecule has 26 heavy (non-hydrogen) atoms. The van der Waals surface area contributed by atoms with Gasteiger partial charge in [0.05, 0.1) is 37.5 Å². The average Bonchev–Trinajstić information content (AvgIpc) is 2.62. The Morgan fingerprint density at radius 1 is 1.27 bits per heavy atom. The van der Waals surface area contributed by atoms with Crippen LogP contribution in [-0.2, 0) is 11.3 Å². The van der Waals surface area contributed by atoms with Gasteiger partial charge in [0.1, 0.15) is 12.4 Å². The van der Waals surface area contributed by atoms with Crippen LogP contribution in [-0.4, -0.2) is 33.2 Å². The van der Waals surface area contributed by atoms with E-state index < -0.39 is 5.82 Å². The Bertz CT molecular complexity index is 785. The van der Waals surface area contributed by atoms with E-state index in [0.717, 1.165) is 10.5 Å². The molecule has 2 rings (SSSR count). The van der Waals surface area contributed by atoms with Crippen molar-refractivity contribution in [2.24, 2.45) is 0 Å². The third-order valence-electron chi connectivity index (χ3n) is 4.28. The van der Waals surface area contributed by atoms with Gasteiger partial charge in [-0.1, -0.05) is 17.7 Å². The third kappa shape index (κ3) is 4.65. The number of quaternary nitrogens is 1. The van der Waals surface area contributed by atoms with Crippen LogP contribution < -0.4 is 19.7 Å². The van der Waals surface area contributed by atoms with Crippen molar-refractivity contribution in [3.05, 3.63) is 52.8 Å². The zero-order valence-electron chi connectivity index (χ0n) is 15.2. The molecule has 2 N–H and O–H groups in total. The Labute approximate surface area is 157 Å². The Morgan fingerprint density at radius 2 is 2.00 bits per heavy atom. The number of rotatable bonds is 7. The number of benzene rings is 2. The number of amides is 1. The lowest BCUT2D eigenvalue weighted by Gasteiger charge is -2.22. The van der Waals surface area contributed by atoms with Crippen molar-refractivity contribution < 1.29 is 23.6 Å². The summed E-state index contributed by atoms with van der Waals surface area (Å²) in [7, 11) is 5.08. The molecule has 0 aliphatic rings. The van der Waals surface area contributed by atoms with Crippen LogP contribution in [0.15, 0.2) is 36.4 Å². The number of ether oxygens (including phenoxy) is 2. The van der Waals surface area contributed by atoms with Crippen molar-refractivity contribution in [3.63, 3.8) is 0 Å². The molecule has 140 valence electrons. The number of likely N-dealkylation sites (N-methyl/N-ethyl adjacent to an activating group) is 1. The molecule has 2 atom stereocenters. The summed E-state index contributed by atoms with van der Waals surface area (Å²) in [4.78, 5) is 13.5. The Kier molecular flexibility index (Phi) is 6.83. The molecule has 2 aromatic rings. The molecule has 0 saturated carbocycles. The molecule has 1 unspecified atom stereocenters. The van der Waals surface area contributed by atoms with Gasteiger partial charge in [0, 0.05) is 0 Å². The largest absolute Gasteiger partial charge is 0.493 e. The lowest BCUT2D eigenvalue weighted by molar-refractivity contribution is -0.907. The molecule has 0 heterocycles. The van der Waals surface area contributed by atoms with Crippen LogP contribution in [0.3, 0.4) is 0 Å². The fourth-order valence-corrected chi connectivity index (χ4v) is 2.82. The number of hydrogen-bond donors (Lipinski definition) is 2. The molecular formula is C19H23ClFN2O3+. The molecule has 0 aliphatic carbocycles. The highest BCUT2D eigenvalue weighted by Crippen LogP contribution is 2.30. The van der Waals surface area contributed by atoms with Gasteiger partial charge < -0.3 is 19.7 Å². The Morgan fingerprint density at radius 3 is 2.62 bits per heavy atom. The second kappa shape index (κ2) is 8.87. The minimum absolute atomic E-state index is 0.165. The van der Waals surface area contributed by atoms with Gasteiger partial charge in [0.2, 0.25) is 0 Å². The SMILES string of the molecule is COc1cccc(C[NH+](C)[C@@H](C)C(=O)Nc2ccc(F)cc2Cl)c1OC. The monoisotopic (exact) mass is 381 g/mol. The number of nitrogens with one attached hydrogen (secondary N) is 2. The fraction of sp³-hybridized carbons (Fsp3) is 0.316. The summed E-state index contributed by atoms with van der Waals surface area (Å²) in [5, 5.41) is 2.91. The maximum atomic E-state index is 13.1. The zero-order chi connectivity index (χ0) is 19.3. The fourth-order valence-electron chi connectivity index (χ4n) is 2.60. The summed E-state index contributed by atoms with van der Waals surface area (Å²) >= 11 is 5.97. The lowest BCUT2D eigenvalue weighted by Crippen LogP contribution is -3.12. The van der Waals surface area contributed by atoms with Crippen molar-refractivity contribution in [3.8, 4) is 11.5 Å². The molecule has 0 bridgehead atoms. The van der Waals surface area contributed by atoms with E-state index in [1.165, 1.54) is 18.2 Å². The highest BCUT2D eigenvalue weighted by atomic mass is 35.5. The molecule has 0 aliphatic heterocycles. The minimum atomic E-state index is -0.450. The standard InChI is InChI=1S/C19H22ClFN2O3/c1-12(19(24)22-16-9-8-14(21)10-15(16)20)23(2)11-13-6-5-7-17(25-3)18(13)26-4/h5-10,12H,11H2,1-4H3,(H,22,24)/p+1/t12-/m0/s1. The number of methoxy groups -OCH3 is 2. The first-order valence-corrected chi connectivity index (χ1v) is 8.53. The predicted octanol–water partition coefficient (Wildman–Crippen LogP) is 2.54. The van der Waals surface area contributed by atoms with Crippen LogP contribution in [0, 0.1) is 5.82 Å². The van der Waals surface area contributed by atoms with Crippen LogP contribution in [0.2, 0.25) is 5.02 Å². The van der Waals surface area contributed by atoms with Gasteiger partial charge in [-0.3, -0.25) is 4.79 Å². The molecule has 0 aromatic heterocycles. The van der Waals surface area contributed by atoms with Gasteiger partial charge >= 0.3 is 0 Å². The molecule has 0 radical (unpaired) electrons. The van der Waals surface area contributed by atoms with Crippen LogP contribution in [0.5, 0.6) is 11.5 Å². The van der Waals surface area contributed by atoms with Crippen molar-refractivity contribution in [2.45, 2.75) is 19.5 Å². The maximum Gasteiger partial charge on any atom is 0.282 e. The average molecular weight is 382 g/mol. The van der Waals surface area contributed by atoms with E-state index in [-0.39, 0.29) is 17.0 Å². The lowest BCUT2D eigenvalue weighted by atomic mass is 10.1. The third-order valence-corrected chi connectivity index (χ3v) is 4.59. The molecule has 2 aromatic carbocycles. The van der Waals surface area contributed by atoms with E-state index in [2.05, 4.69) is 5.32 Å². The van der Waals surface area contributed by atoms with Gasteiger partial charge in [-0.05, 0) is 37.3 Å². The number of carbonyl (C=O) groups is 1. The number of anilines is 1. The maximum absolute atomic E-state index is 13.1. The normalized spacial score (nSPS) is 13.0. The molecule has 7 heteroatoms. The van der Waals surface area contributed by atoms with Gasteiger partial charge in [-0.15, -0.1) is 0 Å². The van der Waals surface area contributed by atoms with Crippen molar-refractivity contribution in [1.29, 1.82) is 0 Å². The Hall–Kier alpha value is -2.31. The topological polar surface area (TPSA) is 52.0 Å². The van der Waals surface area contributed by atoms with E-state index in [4.69, 9.17) is 21.1 Å². The van der Waals surface area contributed by atoms with Crippen molar-refractivity contribution in [2.75, 3.05) is 26.6 Å². The van der Waals surface area contributed by atoms with Crippen molar-refractivity contribution in [1.82, 2.24) is 0 Å². The van der Waals surface area contributed by atoms with Crippen LogP contribution in [0.25, 0.3) is 0 Å².